The van der Waals surface area contributed by atoms with Gasteiger partial charge < -0.3 is 19.4 Å². The van der Waals surface area contributed by atoms with Crippen molar-refractivity contribution in [3.8, 4) is 11.8 Å². The maximum absolute atomic E-state index is 13.8. The number of allylic oxidation sites excluding steroid dienone is 1. The van der Waals surface area contributed by atoms with Crippen LogP contribution < -0.4 is 4.74 Å². The first-order valence-electron chi connectivity index (χ1n) is 13.8. The van der Waals surface area contributed by atoms with E-state index in [0.717, 1.165) is 24.4 Å². The Morgan fingerprint density at radius 2 is 1.83 bits per heavy atom. The summed E-state index contributed by atoms with van der Waals surface area (Å²) in [7, 11) is 1.67. The zero-order chi connectivity index (χ0) is 29.1. The molecule has 0 radical (unpaired) electrons. The standard InChI is InChI=1S/C31H33ClFN5O3/c1-31(22-3-5-23(32)6-4-22)20-38(19-28(31)36(2)30(40)41-27-11-7-24(33)8-12-27)29(39)21-13-15-37(16-14-21)26-10-9-25(17-34)35-18-26/h3-8,10-12,18,21,25,28H,9,13-16,19-20H2,1-2H3/t25?,28-,31+/m1/s1. The predicted molar refractivity (Wildman–Crippen MR) is 154 cm³/mol. The van der Waals surface area contributed by atoms with Gasteiger partial charge in [-0.15, -0.1) is 0 Å². The number of piperidine rings is 1. The summed E-state index contributed by atoms with van der Waals surface area (Å²) in [4.78, 5) is 37.0. The second-order valence-corrected chi connectivity index (χ2v) is 11.6. The van der Waals surface area contributed by atoms with Crippen molar-refractivity contribution in [2.45, 2.75) is 43.7 Å². The topological polar surface area (TPSA) is 89.2 Å². The average Bonchev–Trinajstić information content (AvgIpc) is 3.36. The van der Waals surface area contributed by atoms with Gasteiger partial charge in [0.05, 0.1) is 17.8 Å². The number of hydrogen-bond donors (Lipinski definition) is 0. The molecule has 3 heterocycles. The minimum Gasteiger partial charge on any atom is -0.410 e. The number of carbonyl (C=O) groups excluding carboxylic acids is 2. The second-order valence-electron chi connectivity index (χ2n) is 11.1. The maximum atomic E-state index is 13.8. The van der Waals surface area contributed by atoms with Crippen LogP contribution in [-0.4, -0.2) is 78.2 Å². The molecule has 10 heteroatoms. The Kier molecular flexibility index (Phi) is 8.32. The van der Waals surface area contributed by atoms with Gasteiger partial charge in [-0.05, 0) is 54.8 Å². The first-order chi connectivity index (χ1) is 19.7. The van der Waals surface area contributed by atoms with Crippen molar-refractivity contribution in [3.63, 3.8) is 0 Å². The summed E-state index contributed by atoms with van der Waals surface area (Å²) in [5, 5.41) is 9.68. The lowest BCUT2D eigenvalue weighted by Gasteiger charge is -2.36. The van der Waals surface area contributed by atoms with Crippen LogP contribution in [0.3, 0.4) is 0 Å². The van der Waals surface area contributed by atoms with Crippen LogP contribution in [0.25, 0.3) is 0 Å². The molecule has 5 rings (SSSR count). The molecular weight excluding hydrogens is 545 g/mol. The number of nitrogens with zero attached hydrogens (tertiary/aromatic N) is 5. The first kappa shape index (κ1) is 28.6. The van der Waals surface area contributed by atoms with Gasteiger partial charge in [0, 0.05) is 62.2 Å². The van der Waals surface area contributed by atoms with Crippen LogP contribution in [0.1, 0.15) is 31.7 Å². The molecule has 0 aromatic heterocycles. The van der Waals surface area contributed by atoms with Crippen molar-refractivity contribution in [1.29, 1.82) is 5.26 Å². The number of rotatable bonds is 5. The molecule has 2 aromatic carbocycles. The molecular formula is C31H33ClFN5O3. The van der Waals surface area contributed by atoms with Crippen LogP contribution >= 0.6 is 11.6 Å². The Morgan fingerprint density at radius 1 is 1.15 bits per heavy atom. The van der Waals surface area contributed by atoms with Crippen molar-refractivity contribution < 1.29 is 18.7 Å². The monoisotopic (exact) mass is 577 g/mol. The Bertz CT molecular complexity index is 1380. The number of dihydropyridines is 1. The normalized spacial score (nSPS) is 24.5. The van der Waals surface area contributed by atoms with E-state index in [1.807, 2.05) is 35.2 Å². The van der Waals surface area contributed by atoms with Crippen LogP contribution in [0.5, 0.6) is 5.75 Å². The number of hydrogen-bond acceptors (Lipinski definition) is 6. The molecule has 3 aliphatic heterocycles. The van der Waals surface area contributed by atoms with Gasteiger partial charge in [0.2, 0.25) is 5.91 Å². The summed E-state index contributed by atoms with van der Waals surface area (Å²) in [6.07, 6.45) is 5.28. The molecule has 41 heavy (non-hydrogen) atoms. The van der Waals surface area contributed by atoms with Gasteiger partial charge in [0.1, 0.15) is 17.6 Å². The van der Waals surface area contributed by atoms with Crippen molar-refractivity contribution >= 4 is 29.8 Å². The number of amides is 2. The Hall–Kier alpha value is -3.90. The maximum Gasteiger partial charge on any atom is 0.415 e. The lowest BCUT2D eigenvalue weighted by molar-refractivity contribution is -0.136. The van der Waals surface area contributed by atoms with Gasteiger partial charge in [0.15, 0.2) is 0 Å². The van der Waals surface area contributed by atoms with Gasteiger partial charge in [-0.25, -0.2) is 9.18 Å². The molecule has 2 fully saturated rings. The lowest BCUT2D eigenvalue weighted by Crippen LogP contribution is -2.50. The van der Waals surface area contributed by atoms with Crippen LogP contribution in [0.4, 0.5) is 9.18 Å². The van der Waals surface area contributed by atoms with E-state index in [9.17, 15) is 14.0 Å². The Labute approximate surface area is 244 Å². The first-order valence-corrected chi connectivity index (χ1v) is 14.2. The fraction of sp³-hybridized carbons (Fsp3) is 0.419. The quantitative estimate of drug-likeness (QED) is 0.497. The van der Waals surface area contributed by atoms with Crippen molar-refractivity contribution in [2.24, 2.45) is 10.9 Å². The van der Waals surface area contributed by atoms with Crippen LogP contribution in [0, 0.1) is 23.1 Å². The SMILES string of the molecule is CN(C(=O)Oc1ccc(F)cc1)[C@@H]1CN(C(=O)C2CCN(C3=CCC(C#N)N=C3)CC2)C[C@@]1(C)c1ccc(Cl)cc1. The Morgan fingerprint density at radius 3 is 2.44 bits per heavy atom. The number of benzene rings is 2. The van der Waals surface area contributed by atoms with Gasteiger partial charge in [-0.3, -0.25) is 9.79 Å². The molecule has 2 saturated heterocycles. The number of halogens is 2. The van der Waals surface area contributed by atoms with Gasteiger partial charge >= 0.3 is 6.09 Å². The highest BCUT2D eigenvalue weighted by Gasteiger charge is 2.50. The molecule has 214 valence electrons. The third-order valence-electron chi connectivity index (χ3n) is 8.53. The number of likely N-dealkylation sites (tertiary alicyclic amines) is 2. The zero-order valence-corrected chi connectivity index (χ0v) is 23.9. The van der Waals surface area contributed by atoms with E-state index in [1.54, 1.807) is 13.3 Å². The van der Waals surface area contributed by atoms with Crippen molar-refractivity contribution in [1.82, 2.24) is 14.7 Å². The average molecular weight is 578 g/mol. The number of likely N-dealkylation sites (N-methyl/N-ethyl adjacent to an activating group) is 1. The summed E-state index contributed by atoms with van der Waals surface area (Å²) >= 11 is 6.17. The van der Waals surface area contributed by atoms with E-state index < -0.39 is 17.3 Å². The van der Waals surface area contributed by atoms with Crippen molar-refractivity contribution in [2.75, 3.05) is 33.2 Å². The van der Waals surface area contributed by atoms with E-state index in [4.69, 9.17) is 21.6 Å². The summed E-state index contributed by atoms with van der Waals surface area (Å²) in [5.41, 5.74) is 1.41. The van der Waals surface area contributed by atoms with E-state index >= 15 is 0 Å². The largest absolute Gasteiger partial charge is 0.415 e. The third kappa shape index (κ3) is 6.08. The van der Waals surface area contributed by atoms with Gasteiger partial charge in [-0.1, -0.05) is 36.7 Å². The molecule has 3 aliphatic rings. The highest BCUT2D eigenvalue weighted by atomic mass is 35.5. The van der Waals surface area contributed by atoms with Crippen LogP contribution in [0.2, 0.25) is 5.02 Å². The molecule has 0 N–H and O–H groups in total. The molecule has 0 spiro atoms. The molecule has 2 amide bonds. The minimum atomic E-state index is -0.578. The number of carbonyl (C=O) groups is 2. The van der Waals surface area contributed by atoms with E-state index in [2.05, 4.69) is 22.9 Å². The molecule has 8 nitrogen and oxygen atoms in total. The second kappa shape index (κ2) is 11.9. The highest BCUT2D eigenvalue weighted by molar-refractivity contribution is 6.30. The van der Waals surface area contributed by atoms with E-state index in [-0.39, 0.29) is 29.7 Å². The lowest BCUT2D eigenvalue weighted by atomic mass is 9.77. The highest BCUT2D eigenvalue weighted by Crippen LogP contribution is 2.39. The smallest absolute Gasteiger partial charge is 0.410 e. The molecule has 2 aromatic rings. The molecule has 3 atom stereocenters. The Balaban J connectivity index is 1.30. The molecule has 1 unspecified atom stereocenters. The van der Waals surface area contributed by atoms with E-state index in [1.165, 1.54) is 29.2 Å². The fourth-order valence-corrected chi connectivity index (χ4v) is 6.19. The van der Waals surface area contributed by atoms with Crippen LogP contribution in [0.15, 0.2) is 65.3 Å². The number of aliphatic imine (C=N–C) groups is 1. The zero-order valence-electron chi connectivity index (χ0n) is 23.2. The fourth-order valence-electron chi connectivity index (χ4n) is 6.06. The summed E-state index contributed by atoms with van der Waals surface area (Å²) < 4.78 is 18.9. The predicted octanol–water partition coefficient (Wildman–Crippen LogP) is 5.04. The van der Waals surface area contributed by atoms with Gasteiger partial charge in [0.25, 0.3) is 0 Å². The number of nitriles is 1. The number of ether oxygens (including phenoxy) is 1. The minimum absolute atomic E-state index is 0.0866. The van der Waals surface area contributed by atoms with Crippen molar-refractivity contribution in [3.05, 3.63) is 76.7 Å². The van der Waals surface area contributed by atoms with Gasteiger partial charge in [-0.2, -0.15) is 5.26 Å². The summed E-state index contributed by atoms with van der Waals surface area (Å²) in [6.45, 7) is 4.34. The molecule has 0 saturated carbocycles. The molecule has 0 bridgehead atoms. The molecule has 0 aliphatic carbocycles. The van der Waals surface area contributed by atoms with E-state index in [0.29, 0.717) is 37.4 Å². The third-order valence-corrected chi connectivity index (χ3v) is 8.79. The summed E-state index contributed by atoms with van der Waals surface area (Å²) in [6, 6.07) is 14.3. The van der Waals surface area contributed by atoms with Crippen LogP contribution in [-0.2, 0) is 10.2 Å². The summed E-state index contributed by atoms with van der Waals surface area (Å²) in [5.74, 6) is -0.205.